The Morgan fingerprint density at radius 3 is 2.26 bits per heavy atom. The van der Waals surface area contributed by atoms with Crippen molar-refractivity contribution < 1.29 is 38.5 Å². The number of piperidine rings is 1. The Hall–Kier alpha value is -5.68. The van der Waals surface area contributed by atoms with E-state index in [1.54, 1.807) is 32.9 Å². The summed E-state index contributed by atoms with van der Waals surface area (Å²) in [7, 11) is 0. The van der Waals surface area contributed by atoms with Crippen LogP contribution in [0.3, 0.4) is 0 Å². The second kappa shape index (κ2) is 18.9. The zero-order valence-electron chi connectivity index (χ0n) is 38.8. The predicted octanol–water partition coefficient (Wildman–Crippen LogP) is 6.09. The van der Waals surface area contributed by atoms with E-state index in [-0.39, 0.29) is 48.9 Å². The SMILES string of the molecule is CC(C)[C@H](C(=O)N1C[C@H](O)C[C@H]1C(=O)OC(C)(C)C)c1cc(N2CCC(O[C@H]3CC[C@@H](Oc4cc(N5C6CCC5CN(c5cc(-c7ccccc7O)nnc5N)C6)ccn4)CC3)CC2)no1. The monoisotopic (exact) mass is 907 g/mol. The number of likely N-dealkylation sites (tertiary alicyclic amines) is 1. The number of nitrogens with two attached hydrogens (primary N) is 1. The Morgan fingerprint density at radius 2 is 1.56 bits per heavy atom. The molecule has 4 aromatic rings. The molecule has 5 fully saturated rings. The number of hydrogen-bond acceptors (Lipinski definition) is 16. The molecule has 9 rings (SSSR count). The number of aromatic nitrogens is 4. The Balaban J connectivity index is 0.740. The molecule has 3 aromatic heterocycles. The number of aliphatic hydroxyl groups is 1. The van der Waals surface area contributed by atoms with Gasteiger partial charge in [0.1, 0.15) is 29.4 Å². The molecule has 4 N–H and O–H groups in total. The minimum absolute atomic E-state index is 0.0657. The number of phenols is 1. The van der Waals surface area contributed by atoms with Crippen molar-refractivity contribution in [3.05, 3.63) is 60.5 Å². The van der Waals surface area contributed by atoms with Crippen molar-refractivity contribution in [1.29, 1.82) is 0 Å². The highest BCUT2D eigenvalue weighted by Gasteiger charge is 2.45. The summed E-state index contributed by atoms with van der Waals surface area (Å²) in [5, 5.41) is 33.9. The van der Waals surface area contributed by atoms with Gasteiger partial charge < -0.3 is 54.3 Å². The number of para-hydroxylation sites is 1. The van der Waals surface area contributed by atoms with Crippen LogP contribution in [-0.2, 0) is 19.1 Å². The van der Waals surface area contributed by atoms with Gasteiger partial charge in [0.05, 0.1) is 29.7 Å². The lowest BCUT2D eigenvalue weighted by Gasteiger charge is -2.43. The number of rotatable bonds is 12. The van der Waals surface area contributed by atoms with Gasteiger partial charge in [0, 0.05) is 80.8 Å². The number of benzene rings is 1. The number of nitrogen functional groups attached to an aromatic ring is 1. The van der Waals surface area contributed by atoms with Crippen molar-refractivity contribution in [2.24, 2.45) is 5.92 Å². The zero-order chi connectivity index (χ0) is 46.3. The van der Waals surface area contributed by atoms with Crippen LogP contribution in [0.15, 0.2) is 59.3 Å². The number of pyridine rings is 1. The lowest BCUT2D eigenvalue weighted by atomic mass is 9.91. The van der Waals surface area contributed by atoms with Gasteiger partial charge >= 0.3 is 5.97 Å². The molecule has 7 heterocycles. The summed E-state index contributed by atoms with van der Waals surface area (Å²) in [6.07, 6.45) is 9.09. The van der Waals surface area contributed by atoms with E-state index < -0.39 is 29.6 Å². The summed E-state index contributed by atoms with van der Waals surface area (Å²) in [6.45, 7) is 12.4. The van der Waals surface area contributed by atoms with E-state index in [0.29, 0.717) is 46.6 Å². The Labute approximate surface area is 386 Å². The lowest BCUT2D eigenvalue weighted by Crippen LogP contribution is -2.54. The molecule has 66 heavy (non-hydrogen) atoms. The van der Waals surface area contributed by atoms with Crippen molar-refractivity contribution in [2.75, 3.05) is 53.2 Å². The van der Waals surface area contributed by atoms with Crippen molar-refractivity contribution >= 4 is 34.9 Å². The topological polar surface area (TPSA) is 206 Å². The van der Waals surface area contributed by atoms with Crippen LogP contribution in [0.5, 0.6) is 11.6 Å². The number of carbonyl (C=O) groups excluding carboxylic acids is 2. The van der Waals surface area contributed by atoms with Gasteiger partial charge in [-0.1, -0.05) is 31.1 Å². The van der Waals surface area contributed by atoms with Crippen LogP contribution in [0, 0.1) is 5.92 Å². The number of aromatic hydroxyl groups is 1. The van der Waals surface area contributed by atoms with E-state index in [9.17, 15) is 19.8 Å². The average Bonchev–Trinajstić information content (AvgIpc) is 4.00. The Kier molecular flexibility index (Phi) is 13.0. The van der Waals surface area contributed by atoms with E-state index in [1.165, 1.54) is 4.90 Å². The number of hydrogen-bond donors (Lipinski definition) is 3. The minimum Gasteiger partial charge on any atom is -0.507 e. The summed E-state index contributed by atoms with van der Waals surface area (Å²) in [6, 6.07) is 14.8. The quantitative estimate of drug-likeness (QED) is 0.138. The molecule has 1 aliphatic carbocycles. The molecule has 5 atom stereocenters. The third-order valence-electron chi connectivity index (χ3n) is 13.9. The van der Waals surface area contributed by atoms with E-state index in [4.69, 9.17) is 24.5 Å². The van der Waals surface area contributed by atoms with Crippen LogP contribution in [-0.4, -0.2) is 128 Å². The van der Waals surface area contributed by atoms with Crippen LogP contribution in [0.1, 0.15) is 104 Å². The fraction of sp³-hybridized carbons (Fsp3) is 0.592. The first-order valence-corrected chi connectivity index (χ1v) is 23.8. The van der Waals surface area contributed by atoms with Gasteiger partial charge in [-0.2, -0.15) is 0 Å². The predicted molar refractivity (Wildman–Crippen MR) is 248 cm³/mol. The first-order chi connectivity index (χ1) is 31.7. The maximum atomic E-state index is 14.0. The molecule has 1 aromatic carbocycles. The average molecular weight is 908 g/mol. The number of piperazine rings is 1. The molecule has 5 aliphatic rings. The zero-order valence-corrected chi connectivity index (χ0v) is 38.8. The second-order valence-electron chi connectivity index (χ2n) is 20.1. The number of phenolic OH excluding ortho intramolecular Hbond substituents is 1. The number of anilines is 4. The number of carbonyl (C=O) groups is 2. The maximum absolute atomic E-state index is 14.0. The molecule has 4 saturated heterocycles. The Bertz CT molecular complexity index is 2320. The number of fused-ring (bicyclic) bond motifs is 2. The third kappa shape index (κ3) is 9.87. The summed E-state index contributed by atoms with van der Waals surface area (Å²) in [5.41, 5.74) is 8.86. The summed E-state index contributed by atoms with van der Waals surface area (Å²) in [4.78, 5) is 40.1. The first-order valence-electron chi connectivity index (χ1n) is 23.8. The molecular weight excluding hydrogens is 843 g/mol. The van der Waals surface area contributed by atoms with Gasteiger partial charge in [0.15, 0.2) is 17.4 Å². The van der Waals surface area contributed by atoms with Gasteiger partial charge in [-0.25, -0.2) is 9.78 Å². The highest BCUT2D eigenvalue weighted by atomic mass is 16.6. The van der Waals surface area contributed by atoms with Crippen LogP contribution >= 0.6 is 0 Å². The second-order valence-corrected chi connectivity index (χ2v) is 20.1. The first kappa shape index (κ1) is 45.5. The molecule has 2 bridgehead atoms. The fourth-order valence-electron chi connectivity index (χ4n) is 10.7. The molecule has 17 heteroatoms. The normalized spacial score (nSPS) is 25.4. The summed E-state index contributed by atoms with van der Waals surface area (Å²) in [5.74, 6) is 0.750. The largest absolute Gasteiger partial charge is 0.507 e. The summed E-state index contributed by atoms with van der Waals surface area (Å²) >= 11 is 0. The molecule has 0 radical (unpaired) electrons. The fourth-order valence-corrected chi connectivity index (χ4v) is 10.7. The number of amides is 1. The number of esters is 1. The number of ether oxygens (including phenoxy) is 3. The van der Waals surface area contributed by atoms with Crippen molar-refractivity contribution in [2.45, 2.75) is 146 Å². The van der Waals surface area contributed by atoms with E-state index in [0.717, 1.165) is 88.9 Å². The number of nitrogens with zero attached hydrogens (tertiary/aromatic N) is 8. The van der Waals surface area contributed by atoms with Gasteiger partial charge in [0.25, 0.3) is 0 Å². The van der Waals surface area contributed by atoms with Crippen molar-refractivity contribution in [3.8, 4) is 22.9 Å². The molecule has 1 saturated carbocycles. The van der Waals surface area contributed by atoms with Crippen LogP contribution in [0.25, 0.3) is 11.3 Å². The van der Waals surface area contributed by atoms with Crippen LogP contribution < -0.4 is 25.2 Å². The molecule has 4 aliphatic heterocycles. The molecule has 354 valence electrons. The third-order valence-corrected chi connectivity index (χ3v) is 13.9. The highest BCUT2D eigenvalue weighted by molar-refractivity contribution is 5.89. The minimum atomic E-state index is -0.853. The smallest absolute Gasteiger partial charge is 0.329 e. The van der Waals surface area contributed by atoms with Gasteiger partial charge in [-0.05, 0) is 102 Å². The molecule has 2 unspecified atom stereocenters. The van der Waals surface area contributed by atoms with Gasteiger partial charge in [-0.3, -0.25) is 4.79 Å². The van der Waals surface area contributed by atoms with Crippen LogP contribution in [0.4, 0.5) is 23.0 Å². The van der Waals surface area contributed by atoms with Crippen molar-refractivity contribution in [3.63, 3.8) is 0 Å². The maximum Gasteiger partial charge on any atom is 0.329 e. The van der Waals surface area contributed by atoms with E-state index >= 15 is 0 Å². The molecular formula is C49H65N9O8. The number of β-amino-alcohol motifs (C(OH)–C–C–N with tert-alkyl or cyclic N) is 1. The highest BCUT2D eigenvalue weighted by Crippen LogP contribution is 2.40. The number of aliphatic hydroxyl groups excluding tert-OH is 1. The molecule has 0 spiro atoms. The summed E-state index contributed by atoms with van der Waals surface area (Å²) < 4.78 is 24.6. The van der Waals surface area contributed by atoms with E-state index in [1.807, 2.05) is 44.3 Å². The van der Waals surface area contributed by atoms with Crippen molar-refractivity contribution in [1.82, 2.24) is 25.2 Å². The molecule has 17 nitrogen and oxygen atoms in total. The van der Waals surface area contributed by atoms with Gasteiger partial charge in [0.2, 0.25) is 11.8 Å². The van der Waals surface area contributed by atoms with Gasteiger partial charge in [-0.15, -0.1) is 10.2 Å². The standard InChI is InChI=1S/C49H65N9O8/c1-29(2)45(47(61)57-28-33(59)23-40(57)48(62)65-49(3,4)5)42-25-43(54-66-42)55-20-17-36(18-21-55)63-34-12-14-35(15-13-34)64-44-22-30(16-19-51-44)58-31-10-11-32(58)27-56(26-31)39-24-38(52-53-46(39)50)37-8-6-7-9-41(37)60/h6-9,16,19,22,24-25,29,31-36,40,45,59-60H,10-15,17-18,20-21,23,26-28H2,1-5H3,(H2,50,53)/t31?,32?,33-,34-,35+,40+,45+/m1/s1. The molecule has 1 amide bonds. The van der Waals surface area contributed by atoms with E-state index in [2.05, 4.69) is 47.2 Å². The lowest BCUT2D eigenvalue weighted by molar-refractivity contribution is -0.163. The van der Waals surface area contributed by atoms with Crippen LogP contribution in [0.2, 0.25) is 0 Å². The Morgan fingerprint density at radius 1 is 0.864 bits per heavy atom.